The molecule has 8 heteroatoms. The van der Waals surface area contributed by atoms with E-state index in [1.54, 1.807) is 19.1 Å². The first-order chi connectivity index (χ1) is 11.3. The zero-order valence-corrected chi connectivity index (χ0v) is 12.6. The Kier molecular flexibility index (Phi) is 5.28. The van der Waals surface area contributed by atoms with Crippen molar-refractivity contribution in [3.05, 3.63) is 59.5 Å². The predicted molar refractivity (Wildman–Crippen MR) is 77.0 cm³/mol. The van der Waals surface area contributed by atoms with E-state index in [1.807, 2.05) is 0 Å². The number of hydrogen-bond acceptors (Lipinski definition) is 4. The number of carbonyl (C=O) groups is 2. The standard InChI is InChI=1S/C16H14F3NO4/c1-10(13-7-4-8-23-13)20-14(21)9-24-15(22)11-5-2-3-6-12(11)16(17,18)19/h2-8,10H,9H2,1H3,(H,20,21)/t10-/m1/s1. The van der Waals surface area contributed by atoms with E-state index in [0.29, 0.717) is 5.76 Å². The van der Waals surface area contributed by atoms with Gasteiger partial charge in [0.05, 0.1) is 23.4 Å². The van der Waals surface area contributed by atoms with Crippen molar-refractivity contribution in [3.8, 4) is 0 Å². The minimum Gasteiger partial charge on any atom is -0.467 e. The van der Waals surface area contributed by atoms with Gasteiger partial charge in [0, 0.05) is 0 Å². The summed E-state index contributed by atoms with van der Waals surface area (Å²) in [5.41, 5.74) is -1.75. The maximum absolute atomic E-state index is 12.8. The predicted octanol–water partition coefficient (Wildman–Crippen LogP) is 3.33. The maximum atomic E-state index is 12.8. The average Bonchev–Trinajstić information content (AvgIpc) is 3.06. The van der Waals surface area contributed by atoms with E-state index in [9.17, 15) is 22.8 Å². The molecule has 1 amide bonds. The Labute approximate surface area is 135 Å². The first-order valence-corrected chi connectivity index (χ1v) is 6.95. The number of rotatable bonds is 5. The van der Waals surface area contributed by atoms with E-state index in [-0.39, 0.29) is 0 Å². The van der Waals surface area contributed by atoms with Crippen LogP contribution in [0, 0.1) is 0 Å². The highest BCUT2D eigenvalue weighted by Crippen LogP contribution is 2.32. The van der Waals surface area contributed by atoms with Crippen molar-refractivity contribution in [1.82, 2.24) is 5.32 Å². The van der Waals surface area contributed by atoms with Crippen LogP contribution in [-0.2, 0) is 15.7 Å². The average molecular weight is 341 g/mol. The van der Waals surface area contributed by atoms with Crippen LogP contribution in [0.5, 0.6) is 0 Å². The minimum atomic E-state index is -4.69. The van der Waals surface area contributed by atoms with Crippen molar-refractivity contribution in [3.63, 3.8) is 0 Å². The van der Waals surface area contributed by atoms with E-state index < -0.39 is 41.8 Å². The molecule has 0 bridgehead atoms. The molecule has 1 aromatic carbocycles. The van der Waals surface area contributed by atoms with E-state index in [1.165, 1.54) is 12.3 Å². The number of furan rings is 1. The van der Waals surface area contributed by atoms with Crippen molar-refractivity contribution >= 4 is 11.9 Å². The van der Waals surface area contributed by atoms with Gasteiger partial charge in [-0.05, 0) is 31.2 Å². The van der Waals surface area contributed by atoms with E-state index in [4.69, 9.17) is 4.42 Å². The van der Waals surface area contributed by atoms with Crippen LogP contribution in [0.2, 0.25) is 0 Å². The van der Waals surface area contributed by atoms with Crippen molar-refractivity contribution < 1.29 is 31.9 Å². The van der Waals surface area contributed by atoms with Gasteiger partial charge in [-0.25, -0.2) is 4.79 Å². The molecule has 0 aliphatic heterocycles. The molecule has 0 unspecified atom stereocenters. The van der Waals surface area contributed by atoms with Crippen molar-refractivity contribution in [1.29, 1.82) is 0 Å². The fraction of sp³-hybridized carbons (Fsp3) is 0.250. The van der Waals surface area contributed by atoms with Crippen LogP contribution in [0.4, 0.5) is 13.2 Å². The van der Waals surface area contributed by atoms with Gasteiger partial charge in [0.1, 0.15) is 5.76 Å². The first-order valence-electron chi connectivity index (χ1n) is 6.95. The van der Waals surface area contributed by atoms with Gasteiger partial charge < -0.3 is 14.5 Å². The molecule has 0 saturated heterocycles. The normalized spacial score (nSPS) is 12.5. The molecule has 0 aliphatic carbocycles. The second-order valence-corrected chi connectivity index (χ2v) is 4.92. The van der Waals surface area contributed by atoms with Crippen LogP contribution in [-0.4, -0.2) is 18.5 Å². The lowest BCUT2D eigenvalue weighted by atomic mass is 10.1. The fourth-order valence-electron chi connectivity index (χ4n) is 2.01. The summed E-state index contributed by atoms with van der Waals surface area (Å²) in [5, 5.41) is 2.50. The number of esters is 1. The molecule has 1 N–H and O–H groups in total. The Morgan fingerprint density at radius 3 is 2.54 bits per heavy atom. The second-order valence-electron chi connectivity index (χ2n) is 4.92. The Morgan fingerprint density at radius 2 is 1.92 bits per heavy atom. The van der Waals surface area contributed by atoms with E-state index in [2.05, 4.69) is 10.1 Å². The second kappa shape index (κ2) is 7.20. The van der Waals surface area contributed by atoms with Crippen molar-refractivity contribution in [2.24, 2.45) is 0 Å². The van der Waals surface area contributed by atoms with E-state index >= 15 is 0 Å². The van der Waals surface area contributed by atoms with Gasteiger partial charge in [0.2, 0.25) is 0 Å². The van der Waals surface area contributed by atoms with Crippen LogP contribution in [0.25, 0.3) is 0 Å². The number of nitrogens with one attached hydrogen (secondary N) is 1. The molecule has 128 valence electrons. The molecule has 24 heavy (non-hydrogen) atoms. The number of benzene rings is 1. The summed E-state index contributed by atoms with van der Waals surface area (Å²) in [5.74, 6) is -1.38. The molecule has 1 aromatic heterocycles. The molecule has 5 nitrogen and oxygen atoms in total. The summed E-state index contributed by atoms with van der Waals surface area (Å²) < 4.78 is 48.3. The zero-order chi connectivity index (χ0) is 17.7. The number of ether oxygens (including phenoxy) is 1. The smallest absolute Gasteiger partial charge is 0.417 e. The van der Waals surface area contributed by atoms with Gasteiger partial charge in [-0.2, -0.15) is 13.2 Å². The number of amides is 1. The summed E-state index contributed by atoms with van der Waals surface area (Å²) >= 11 is 0. The Bertz CT molecular complexity index is 710. The van der Waals surface area contributed by atoms with Crippen LogP contribution in [0.15, 0.2) is 47.1 Å². The summed E-state index contributed by atoms with van der Waals surface area (Å²) in [4.78, 5) is 23.5. The monoisotopic (exact) mass is 341 g/mol. The fourth-order valence-corrected chi connectivity index (χ4v) is 2.01. The highest BCUT2D eigenvalue weighted by molar-refractivity contribution is 5.93. The van der Waals surface area contributed by atoms with Gasteiger partial charge in [0.15, 0.2) is 6.61 Å². The molecule has 0 spiro atoms. The molecule has 0 fully saturated rings. The number of halogens is 3. The topological polar surface area (TPSA) is 68.5 Å². The van der Waals surface area contributed by atoms with Crippen LogP contribution in [0.1, 0.15) is 34.6 Å². The number of carbonyl (C=O) groups excluding carboxylic acids is 2. The van der Waals surface area contributed by atoms with Crippen molar-refractivity contribution in [2.45, 2.75) is 19.1 Å². The lowest BCUT2D eigenvalue weighted by molar-refractivity contribution is -0.138. The molecule has 1 heterocycles. The Balaban J connectivity index is 1.95. The minimum absolute atomic E-state index is 0.464. The van der Waals surface area contributed by atoms with Gasteiger partial charge >= 0.3 is 12.1 Å². The lowest BCUT2D eigenvalue weighted by Crippen LogP contribution is -2.31. The third-order valence-corrected chi connectivity index (χ3v) is 3.13. The van der Waals surface area contributed by atoms with Gasteiger partial charge in [-0.1, -0.05) is 12.1 Å². The quantitative estimate of drug-likeness (QED) is 0.847. The van der Waals surface area contributed by atoms with E-state index in [0.717, 1.165) is 18.2 Å². The van der Waals surface area contributed by atoms with Crippen LogP contribution >= 0.6 is 0 Å². The summed E-state index contributed by atoms with van der Waals surface area (Å²) in [6.07, 6.45) is -3.25. The Morgan fingerprint density at radius 1 is 1.21 bits per heavy atom. The molecule has 0 aliphatic rings. The third kappa shape index (κ3) is 4.37. The molecule has 2 aromatic rings. The lowest BCUT2D eigenvalue weighted by Gasteiger charge is -2.13. The van der Waals surface area contributed by atoms with Crippen LogP contribution in [0.3, 0.4) is 0 Å². The number of alkyl halides is 3. The molecule has 0 saturated carbocycles. The molecular formula is C16H14F3NO4. The van der Waals surface area contributed by atoms with Gasteiger partial charge in [0.25, 0.3) is 5.91 Å². The molecule has 0 radical (unpaired) electrons. The van der Waals surface area contributed by atoms with Gasteiger partial charge in [-0.3, -0.25) is 4.79 Å². The number of hydrogen-bond donors (Lipinski definition) is 1. The zero-order valence-electron chi connectivity index (χ0n) is 12.6. The Hall–Kier alpha value is -2.77. The third-order valence-electron chi connectivity index (χ3n) is 3.13. The largest absolute Gasteiger partial charge is 0.467 e. The summed E-state index contributed by atoms with van der Waals surface area (Å²) in [7, 11) is 0. The SMILES string of the molecule is C[C@@H](NC(=O)COC(=O)c1ccccc1C(F)(F)F)c1ccco1. The molecule has 1 atom stereocenters. The maximum Gasteiger partial charge on any atom is 0.417 e. The van der Waals surface area contributed by atoms with Gasteiger partial charge in [-0.15, -0.1) is 0 Å². The highest BCUT2D eigenvalue weighted by atomic mass is 19.4. The molecular weight excluding hydrogens is 327 g/mol. The van der Waals surface area contributed by atoms with Crippen LogP contribution < -0.4 is 5.32 Å². The first kappa shape index (κ1) is 17.6. The summed E-state index contributed by atoms with van der Waals surface area (Å²) in [6.45, 7) is 0.952. The highest BCUT2D eigenvalue weighted by Gasteiger charge is 2.35. The molecule has 2 rings (SSSR count). The van der Waals surface area contributed by atoms with Crippen molar-refractivity contribution in [2.75, 3.05) is 6.61 Å². The summed E-state index contributed by atoms with van der Waals surface area (Å²) in [6, 6.07) is 7.04.